The molecular weight excluding hydrogens is 390 g/mol. The molecule has 1 aliphatic rings. The monoisotopic (exact) mass is 413 g/mol. The number of nitrogens with zero attached hydrogens (tertiary/aromatic N) is 1. The first-order valence-corrected chi connectivity index (χ1v) is 10.3. The van der Waals surface area contributed by atoms with Gasteiger partial charge < -0.3 is 20.3 Å². The van der Waals surface area contributed by atoms with Crippen molar-refractivity contribution in [2.75, 3.05) is 41.5 Å². The summed E-state index contributed by atoms with van der Waals surface area (Å²) in [6, 6.07) is 14.6. The van der Waals surface area contributed by atoms with Gasteiger partial charge in [-0.3, -0.25) is 14.4 Å². The van der Waals surface area contributed by atoms with Crippen molar-refractivity contribution in [3.8, 4) is 0 Å². The molecule has 1 aliphatic heterocycles. The van der Waals surface area contributed by atoms with Crippen LogP contribution in [0.15, 0.2) is 53.4 Å². The van der Waals surface area contributed by atoms with Crippen LogP contribution in [0.25, 0.3) is 0 Å². The molecule has 152 valence electrons. The van der Waals surface area contributed by atoms with Gasteiger partial charge in [0.2, 0.25) is 17.7 Å². The van der Waals surface area contributed by atoms with E-state index in [-0.39, 0.29) is 37.2 Å². The molecule has 7 nitrogen and oxygen atoms in total. The van der Waals surface area contributed by atoms with E-state index in [1.807, 2.05) is 24.3 Å². The maximum Gasteiger partial charge on any atom is 0.250 e. The molecular formula is C21H23N3O4S. The summed E-state index contributed by atoms with van der Waals surface area (Å²) in [6.07, 6.45) is 0.222. The second-order valence-electron chi connectivity index (χ2n) is 6.47. The number of ether oxygens (including phenoxy) is 1. The van der Waals surface area contributed by atoms with E-state index < -0.39 is 0 Å². The molecule has 0 atom stereocenters. The molecule has 0 fully saturated rings. The minimum absolute atomic E-state index is 0.0448. The molecule has 0 radical (unpaired) electrons. The Labute approximate surface area is 173 Å². The standard InChI is InChI=1S/C21H23N3O4S/c1-28-14-20(26)23-16-6-4-5-15(13-16)22-19(25)9-10-21(27)24-11-12-29-18-8-3-2-7-17(18)24/h2-8,13H,9-12,14H2,1H3,(H,22,25)(H,23,26). The average molecular weight is 413 g/mol. The number of fused-ring (bicyclic) bond motifs is 1. The smallest absolute Gasteiger partial charge is 0.250 e. The molecule has 0 unspecified atom stereocenters. The lowest BCUT2D eigenvalue weighted by molar-refractivity contribution is -0.122. The van der Waals surface area contributed by atoms with Gasteiger partial charge >= 0.3 is 0 Å². The van der Waals surface area contributed by atoms with Gasteiger partial charge in [-0.1, -0.05) is 18.2 Å². The molecule has 0 aromatic heterocycles. The number of thioether (sulfide) groups is 1. The predicted molar refractivity (Wildman–Crippen MR) is 114 cm³/mol. The number of nitrogens with one attached hydrogen (secondary N) is 2. The summed E-state index contributed by atoms with van der Waals surface area (Å²) in [6.45, 7) is 0.599. The van der Waals surface area contributed by atoms with E-state index in [0.717, 1.165) is 16.3 Å². The normalized spacial score (nSPS) is 12.8. The van der Waals surface area contributed by atoms with Gasteiger partial charge in [-0.2, -0.15) is 0 Å². The molecule has 2 N–H and O–H groups in total. The third kappa shape index (κ3) is 5.82. The Hall–Kier alpha value is -2.84. The van der Waals surface area contributed by atoms with E-state index in [0.29, 0.717) is 17.9 Å². The van der Waals surface area contributed by atoms with Crippen LogP contribution in [0, 0.1) is 0 Å². The van der Waals surface area contributed by atoms with Crippen LogP contribution < -0.4 is 15.5 Å². The third-order valence-corrected chi connectivity index (χ3v) is 5.34. The van der Waals surface area contributed by atoms with Crippen LogP contribution in [0.3, 0.4) is 0 Å². The van der Waals surface area contributed by atoms with E-state index >= 15 is 0 Å². The number of hydrogen-bond acceptors (Lipinski definition) is 5. The SMILES string of the molecule is COCC(=O)Nc1cccc(NC(=O)CCC(=O)N2CCSc3ccccc32)c1. The van der Waals surface area contributed by atoms with Gasteiger partial charge in [-0.15, -0.1) is 11.8 Å². The molecule has 1 heterocycles. The van der Waals surface area contributed by atoms with Crippen LogP contribution in [0.4, 0.5) is 17.1 Å². The molecule has 0 aliphatic carbocycles. The maximum atomic E-state index is 12.6. The Kier molecular flexibility index (Phi) is 7.26. The Morgan fingerprint density at radius 3 is 2.48 bits per heavy atom. The zero-order valence-electron chi connectivity index (χ0n) is 16.1. The molecule has 0 saturated carbocycles. The fourth-order valence-corrected chi connectivity index (χ4v) is 4.01. The Morgan fingerprint density at radius 2 is 1.72 bits per heavy atom. The predicted octanol–water partition coefficient (Wildman–Crippen LogP) is 3.13. The van der Waals surface area contributed by atoms with Crippen molar-refractivity contribution in [1.82, 2.24) is 0 Å². The number of amides is 3. The van der Waals surface area contributed by atoms with Gasteiger partial charge in [0.1, 0.15) is 6.61 Å². The lowest BCUT2D eigenvalue weighted by Crippen LogP contribution is -2.35. The van der Waals surface area contributed by atoms with Gasteiger partial charge in [-0.25, -0.2) is 0 Å². The highest BCUT2D eigenvalue weighted by Crippen LogP contribution is 2.34. The number of rotatable bonds is 7. The summed E-state index contributed by atoms with van der Waals surface area (Å²) in [4.78, 5) is 39.4. The number of anilines is 3. The van der Waals surface area contributed by atoms with Crippen molar-refractivity contribution in [2.45, 2.75) is 17.7 Å². The highest BCUT2D eigenvalue weighted by atomic mass is 32.2. The molecule has 0 spiro atoms. The van der Waals surface area contributed by atoms with Gasteiger partial charge in [0.05, 0.1) is 5.69 Å². The van der Waals surface area contributed by atoms with Crippen LogP contribution in [0.5, 0.6) is 0 Å². The molecule has 2 aromatic carbocycles. The summed E-state index contributed by atoms with van der Waals surface area (Å²) in [5.74, 6) is 0.254. The van der Waals surface area contributed by atoms with E-state index in [1.54, 1.807) is 40.9 Å². The Morgan fingerprint density at radius 1 is 1.00 bits per heavy atom. The fourth-order valence-electron chi connectivity index (χ4n) is 3.01. The fraction of sp³-hybridized carbons (Fsp3) is 0.286. The first kappa shape index (κ1) is 20.9. The van der Waals surface area contributed by atoms with Gasteiger partial charge in [0.15, 0.2) is 0 Å². The number of benzene rings is 2. The van der Waals surface area contributed by atoms with Crippen molar-refractivity contribution in [2.24, 2.45) is 0 Å². The number of para-hydroxylation sites is 1. The van der Waals surface area contributed by atoms with E-state index in [4.69, 9.17) is 4.74 Å². The van der Waals surface area contributed by atoms with Gasteiger partial charge in [0.25, 0.3) is 0 Å². The first-order chi connectivity index (χ1) is 14.1. The quantitative estimate of drug-likeness (QED) is 0.728. The van der Waals surface area contributed by atoms with Crippen molar-refractivity contribution in [3.05, 3.63) is 48.5 Å². The molecule has 0 bridgehead atoms. The Balaban J connectivity index is 1.53. The van der Waals surface area contributed by atoms with Crippen LogP contribution in [-0.2, 0) is 19.1 Å². The van der Waals surface area contributed by atoms with Crippen LogP contribution in [0.1, 0.15) is 12.8 Å². The largest absolute Gasteiger partial charge is 0.375 e. The van der Waals surface area contributed by atoms with Crippen LogP contribution >= 0.6 is 11.8 Å². The molecule has 8 heteroatoms. The lowest BCUT2D eigenvalue weighted by Gasteiger charge is -2.29. The van der Waals surface area contributed by atoms with Crippen LogP contribution in [-0.4, -0.2) is 43.7 Å². The first-order valence-electron chi connectivity index (χ1n) is 9.27. The topological polar surface area (TPSA) is 87.7 Å². The summed E-state index contributed by atoms with van der Waals surface area (Å²) in [7, 11) is 1.44. The molecule has 3 amide bonds. The number of hydrogen-bond donors (Lipinski definition) is 2. The zero-order chi connectivity index (χ0) is 20.6. The zero-order valence-corrected chi connectivity index (χ0v) is 17.0. The van der Waals surface area contributed by atoms with E-state index in [1.165, 1.54) is 7.11 Å². The second kappa shape index (κ2) is 10.1. The lowest BCUT2D eigenvalue weighted by atomic mass is 10.2. The number of carbonyl (C=O) groups is 3. The van der Waals surface area contributed by atoms with Crippen molar-refractivity contribution >= 4 is 46.5 Å². The third-order valence-electron chi connectivity index (χ3n) is 4.30. The van der Waals surface area contributed by atoms with Gasteiger partial charge in [0, 0.05) is 48.5 Å². The summed E-state index contributed by atoms with van der Waals surface area (Å²) < 4.78 is 4.78. The van der Waals surface area contributed by atoms with Crippen molar-refractivity contribution < 1.29 is 19.1 Å². The summed E-state index contributed by atoms with van der Waals surface area (Å²) in [5, 5.41) is 5.45. The summed E-state index contributed by atoms with van der Waals surface area (Å²) >= 11 is 1.73. The maximum absolute atomic E-state index is 12.6. The van der Waals surface area contributed by atoms with Crippen molar-refractivity contribution in [1.29, 1.82) is 0 Å². The molecule has 3 rings (SSSR count). The summed E-state index contributed by atoms with van der Waals surface area (Å²) in [5.41, 5.74) is 2.02. The molecule has 29 heavy (non-hydrogen) atoms. The minimum atomic E-state index is -0.276. The number of methoxy groups -OCH3 is 1. The van der Waals surface area contributed by atoms with Crippen LogP contribution in [0.2, 0.25) is 0 Å². The van der Waals surface area contributed by atoms with Crippen molar-refractivity contribution in [3.63, 3.8) is 0 Å². The highest BCUT2D eigenvalue weighted by Gasteiger charge is 2.22. The van der Waals surface area contributed by atoms with E-state index in [2.05, 4.69) is 10.6 Å². The highest BCUT2D eigenvalue weighted by molar-refractivity contribution is 7.99. The van der Waals surface area contributed by atoms with Gasteiger partial charge in [-0.05, 0) is 30.3 Å². The second-order valence-corrected chi connectivity index (χ2v) is 7.61. The molecule has 2 aromatic rings. The number of carbonyl (C=O) groups excluding carboxylic acids is 3. The average Bonchev–Trinajstić information content (AvgIpc) is 2.72. The molecule has 0 saturated heterocycles. The minimum Gasteiger partial charge on any atom is -0.375 e. The van der Waals surface area contributed by atoms with E-state index in [9.17, 15) is 14.4 Å². The Bertz CT molecular complexity index is 903.